The van der Waals surface area contributed by atoms with Gasteiger partial charge in [-0.15, -0.1) is 6.58 Å². The highest BCUT2D eigenvalue weighted by atomic mass is 28.4. The van der Waals surface area contributed by atoms with Gasteiger partial charge in [0.25, 0.3) is 8.32 Å². The van der Waals surface area contributed by atoms with Gasteiger partial charge in [0.1, 0.15) is 11.9 Å². The van der Waals surface area contributed by atoms with Crippen molar-refractivity contribution in [3.05, 3.63) is 115 Å². The smallest absolute Gasteiger partial charge is 0.261 e. The molecule has 0 heterocycles. The summed E-state index contributed by atoms with van der Waals surface area (Å²) in [5, 5.41) is 23.6. The van der Waals surface area contributed by atoms with Crippen LogP contribution in [-0.4, -0.2) is 37.3 Å². The second kappa shape index (κ2) is 14.9. The highest BCUT2D eigenvalue weighted by Gasteiger charge is 2.57. The Morgan fingerprint density at radius 1 is 0.896 bits per heavy atom. The number of hydrogen-bond donors (Lipinski definition) is 2. The van der Waals surface area contributed by atoms with Gasteiger partial charge in [0.05, 0.1) is 12.7 Å². The molecule has 5 heteroatoms. The third-order valence-electron chi connectivity index (χ3n) is 11.8. The Kier molecular flexibility index (Phi) is 10.8. The molecule has 2 fully saturated rings. The van der Waals surface area contributed by atoms with Crippen LogP contribution < -0.4 is 15.1 Å². The summed E-state index contributed by atoms with van der Waals surface area (Å²) in [7, 11) is -2.64. The number of hydrogen-bond acceptors (Lipinski definition) is 4. The Bertz CT molecular complexity index is 1460. The Morgan fingerprint density at radius 3 is 2.12 bits per heavy atom. The molecule has 6 rings (SSSR count). The van der Waals surface area contributed by atoms with Crippen LogP contribution in [0, 0.1) is 41.4 Å². The van der Waals surface area contributed by atoms with Crippen molar-refractivity contribution in [2.45, 2.75) is 83.7 Å². The molecule has 3 aromatic carbocycles. The Balaban J connectivity index is 1.26. The van der Waals surface area contributed by atoms with Crippen molar-refractivity contribution < 1.29 is 19.4 Å². The maximum absolute atomic E-state index is 11.5. The number of aliphatic hydroxyl groups excluding tert-OH is 2. The van der Waals surface area contributed by atoms with Crippen LogP contribution in [0.15, 0.2) is 110 Å². The van der Waals surface area contributed by atoms with E-state index < -0.39 is 14.4 Å². The topological polar surface area (TPSA) is 58.9 Å². The van der Waals surface area contributed by atoms with Crippen molar-refractivity contribution in [1.82, 2.24) is 0 Å². The van der Waals surface area contributed by atoms with Crippen molar-refractivity contribution in [1.29, 1.82) is 0 Å². The fourth-order valence-corrected chi connectivity index (χ4v) is 14.2. The Hall–Kier alpha value is -2.96. The molecule has 3 aliphatic rings. The molecule has 0 aromatic heterocycles. The third-order valence-corrected chi connectivity index (χ3v) is 16.8. The molecule has 9 atom stereocenters. The summed E-state index contributed by atoms with van der Waals surface area (Å²) in [4.78, 5) is 0. The second-order valence-electron chi connectivity index (χ2n) is 15.8. The largest absolute Gasteiger partial charge is 0.490 e. The van der Waals surface area contributed by atoms with Gasteiger partial charge in [-0.1, -0.05) is 125 Å². The lowest BCUT2D eigenvalue weighted by Gasteiger charge is -2.43. The number of allylic oxidation sites excluding steroid dienone is 3. The predicted octanol–water partition coefficient (Wildman–Crippen LogP) is 7.93. The maximum Gasteiger partial charge on any atom is 0.261 e. The minimum absolute atomic E-state index is 0.0351. The molecular weight excluding hydrogens is 609 g/mol. The Labute approximate surface area is 290 Å². The van der Waals surface area contributed by atoms with E-state index in [1.807, 2.05) is 6.08 Å². The monoisotopic (exact) mass is 664 g/mol. The fraction of sp³-hybridized carbons (Fsp3) is 0.488. The average molecular weight is 665 g/mol. The summed E-state index contributed by atoms with van der Waals surface area (Å²) in [5.41, 5.74) is 1.13. The van der Waals surface area contributed by atoms with Gasteiger partial charge in [0, 0.05) is 24.4 Å². The van der Waals surface area contributed by atoms with E-state index in [0.717, 1.165) is 11.3 Å². The van der Waals surface area contributed by atoms with Gasteiger partial charge in [-0.3, -0.25) is 0 Å². The van der Waals surface area contributed by atoms with Crippen LogP contribution in [0.4, 0.5) is 0 Å². The first-order valence-corrected chi connectivity index (χ1v) is 20.2. The molecule has 48 heavy (non-hydrogen) atoms. The van der Waals surface area contributed by atoms with Gasteiger partial charge in [-0.2, -0.15) is 0 Å². The van der Waals surface area contributed by atoms with Crippen LogP contribution in [0.3, 0.4) is 0 Å². The lowest BCUT2D eigenvalue weighted by atomic mass is 9.66. The Morgan fingerprint density at radius 2 is 1.54 bits per heavy atom. The number of benzene rings is 3. The predicted molar refractivity (Wildman–Crippen MR) is 199 cm³/mol. The van der Waals surface area contributed by atoms with Crippen LogP contribution >= 0.6 is 0 Å². The molecule has 3 aliphatic carbocycles. The van der Waals surface area contributed by atoms with E-state index in [1.54, 1.807) is 0 Å². The molecule has 0 bridgehead atoms. The highest BCUT2D eigenvalue weighted by molar-refractivity contribution is 6.99. The second-order valence-corrected chi connectivity index (χ2v) is 20.1. The summed E-state index contributed by atoms with van der Waals surface area (Å²) in [6, 6.07) is 30.2. The van der Waals surface area contributed by atoms with Crippen LogP contribution in [0.25, 0.3) is 0 Å². The summed E-state index contributed by atoms with van der Waals surface area (Å²) in [6.45, 7) is 14.1. The zero-order valence-electron chi connectivity index (χ0n) is 29.4. The zero-order valence-corrected chi connectivity index (χ0v) is 30.4. The molecule has 0 spiro atoms. The molecule has 0 saturated heterocycles. The van der Waals surface area contributed by atoms with Crippen molar-refractivity contribution in [3.8, 4) is 5.75 Å². The van der Waals surface area contributed by atoms with E-state index in [2.05, 4.69) is 131 Å². The average Bonchev–Trinajstić information content (AvgIpc) is 3.40. The van der Waals surface area contributed by atoms with Gasteiger partial charge in [0.2, 0.25) is 0 Å². The quantitative estimate of drug-likeness (QED) is 0.153. The van der Waals surface area contributed by atoms with Crippen LogP contribution in [-0.2, 0) is 11.0 Å². The van der Waals surface area contributed by atoms with Gasteiger partial charge >= 0.3 is 0 Å². The van der Waals surface area contributed by atoms with Gasteiger partial charge in [-0.05, 0) is 82.5 Å². The zero-order chi connectivity index (χ0) is 33.9. The molecule has 1 unspecified atom stereocenters. The molecule has 2 saturated carbocycles. The van der Waals surface area contributed by atoms with Gasteiger partial charge < -0.3 is 19.4 Å². The first-order valence-electron chi connectivity index (χ1n) is 18.3. The standard InChI is InChI=1S/C43H56O4Si/c1-6-32-22-26-36-38-28-30(2)19-25-37(38)42(41(36)40(32)39(45)18-13-27-44)47-33-23-20-31(21-24-33)29-46-48(43(3,4)5,34-14-9-7-10-15-34)35-16-11-8-12-17-35/h6-12,14-17,20-24,26,30,32,36-42,44-45H,1,13,18-19,25,27-29H2,2-5H3/t30-,32+,36+,37-,38+,39?,40-,41+,42+/m1/s1. The summed E-state index contributed by atoms with van der Waals surface area (Å²) in [5.74, 6) is 3.38. The van der Waals surface area contributed by atoms with E-state index in [4.69, 9.17) is 9.16 Å². The van der Waals surface area contributed by atoms with Crippen LogP contribution in [0.2, 0.25) is 5.04 Å². The van der Waals surface area contributed by atoms with E-state index in [9.17, 15) is 10.2 Å². The van der Waals surface area contributed by atoms with Crippen LogP contribution in [0.5, 0.6) is 5.75 Å². The molecule has 256 valence electrons. The first kappa shape index (κ1) is 34.9. The molecule has 0 aliphatic heterocycles. The molecule has 2 N–H and O–H groups in total. The number of rotatable bonds is 12. The van der Waals surface area contributed by atoms with E-state index in [1.165, 1.54) is 29.6 Å². The fourth-order valence-electron chi connectivity index (χ4n) is 9.66. The first-order chi connectivity index (χ1) is 23.2. The highest BCUT2D eigenvalue weighted by Crippen LogP contribution is 2.58. The third kappa shape index (κ3) is 6.76. The molecule has 3 aromatic rings. The SMILES string of the molecule is C=C[C@H]1C=C[C@H]2[C@@H]3C[C@H](C)CC[C@H]3[C@H](Oc3ccc(CO[Si](c4ccccc4)(c4ccccc4)C(C)(C)C)cc3)[C@@H]2[C@H]1C(O)CCCO. The molecule has 0 amide bonds. The lowest BCUT2D eigenvalue weighted by molar-refractivity contribution is -0.0112. The summed E-state index contributed by atoms with van der Waals surface area (Å²) in [6.07, 6.45) is 11.1. The molecule has 4 nitrogen and oxygen atoms in total. The number of ether oxygens (including phenoxy) is 1. The van der Waals surface area contributed by atoms with E-state index in [0.29, 0.717) is 43.1 Å². The van der Waals surface area contributed by atoms with Crippen LogP contribution in [0.1, 0.15) is 65.4 Å². The lowest BCUT2D eigenvalue weighted by Crippen LogP contribution is -2.66. The summed E-state index contributed by atoms with van der Waals surface area (Å²) < 4.78 is 14.3. The molecular formula is C43H56O4Si. The van der Waals surface area contributed by atoms with E-state index in [-0.39, 0.29) is 35.5 Å². The minimum Gasteiger partial charge on any atom is -0.490 e. The van der Waals surface area contributed by atoms with Gasteiger partial charge in [0.15, 0.2) is 0 Å². The van der Waals surface area contributed by atoms with Crippen molar-refractivity contribution >= 4 is 18.7 Å². The molecule has 0 radical (unpaired) electrons. The normalized spacial score (nSPS) is 29.1. The van der Waals surface area contributed by atoms with E-state index >= 15 is 0 Å². The van der Waals surface area contributed by atoms with Crippen molar-refractivity contribution in [2.75, 3.05) is 6.61 Å². The van der Waals surface area contributed by atoms with Crippen molar-refractivity contribution in [2.24, 2.45) is 41.4 Å². The number of aliphatic hydroxyl groups is 2. The summed E-state index contributed by atoms with van der Waals surface area (Å²) >= 11 is 0. The number of fused-ring (bicyclic) bond motifs is 3. The van der Waals surface area contributed by atoms with Crippen molar-refractivity contribution in [3.63, 3.8) is 0 Å². The minimum atomic E-state index is -2.64. The van der Waals surface area contributed by atoms with Gasteiger partial charge in [-0.25, -0.2) is 0 Å². The maximum atomic E-state index is 11.5.